The first-order chi connectivity index (χ1) is 18.2. The molecule has 0 saturated heterocycles. The summed E-state index contributed by atoms with van der Waals surface area (Å²) in [4.78, 5) is 11.8. The van der Waals surface area contributed by atoms with Crippen LogP contribution in [0.1, 0.15) is 43.4 Å². The lowest BCUT2D eigenvalue weighted by molar-refractivity contribution is -0.150. The van der Waals surface area contributed by atoms with Gasteiger partial charge in [0.15, 0.2) is 15.9 Å². The van der Waals surface area contributed by atoms with E-state index < -0.39 is 21.9 Å². The van der Waals surface area contributed by atoms with E-state index in [4.69, 9.17) is 14.2 Å². The fraction of sp³-hybridized carbons (Fsp3) is 0.345. The lowest BCUT2D eigenvalue weighted by atomic mass is 10.1. The number of aliphatic hydroxyl groups excluding tert-OH is 1. The molecule has 1 atom stereocenters. The summed E-state index contributed by atoms with van der Waals surface area (Å²) in [6, 6.07) is 18.7. The molecule has 38 heavy (non-hydrogen) atoms. The average Bonchev–Trinajstić information content (AvgIpc) is 2.91. The number of esters is 1. The molecule has 0 saturated carbocycles. The molecule has 3 rings (SSSR count). The molecule has 0 amide bonds. The topological polar surface area (TPSA) is 108 Å². The van der Waals surface area contributed by atoms with Crippen LogP contribution < -0.4 is 14.2 Å². The van der Waals surface area contributed by atoms with Crippen molar-refractivity contribution in [2.24, 2.45) is 0 Å². The van der Waals surface area contributed by atoms with Gasteiger partial charge in [0.2, 0.25) is 0 Å². The Hall–Kier alpha value is -3.56. The summed E-state index contributed by atoms with van der Waals surface area (Å²) in [5.74, 6) is 1.86. The molecule has 1 unspecified atom stereocenters. The highest BCUT2D eigenvalue weighted by atomic mass is 32.2. The van der Waals surface area contributed by atoms with Crippen molar-refractivity contribution >= 4 is 15.8 Å². The fourth-order valence-electron chi connectivity index (χ4n) is 3.71. The summed E-state index contributed by atoms with van der Waals surface area (Å²) < 4.78 is 45.6. The number of benzene rings is 3. The lowest BCUT2D eigenvalue weighted by Crippen LogP contribution is -2.13. The molecule has 0 radical (unpaired) electrons. The third-order valence-corrected chi connectivity index (χ3v) is 6.83. The van der Waals surface area contributed by atoms with Gasteiger partial charge in [-0.25, -0.2) is 13.2 Å². The van der Waals surface area contributed by atoms with E-state index in [9.17, 15) is 18.3 Å². The van der Waals surface area contributed by atoms with Crippen molar-refractivity contribution < 1.29 is 37.3 Å². The summed E-state index contributed by atoms with van der Waals surface area (Å²) in [6.45, 7) is 3.08. The lowest BCUT2D eigenvalue weighted by Gasteiger charge is -2.14. The second-order valence-electron chi connectivity index (χ2n) is 8.77. The van der Waals surface area contributed by atoms with E-state index in [1.54, 1.807) is 36.4 Å². The van der Waals surface area contributed by atoms with Crippen LogP contribution in [0.2, 0.25) is 0 Å². The molecule has 204 valence electrons. The van der Waals surface area contributed by atoms with Gasteiger partial charge >= 0.3 is 5.97 Å². The molecule has 0 fully saturated rings. The highest BCUT2D eigenvalue weighted by molar-refractivity contribution is 7.90. The molecule has 0 aliphatic rings. The summed E-state index contributed by atoms with van der Waals surface area (Å²) in [5, 5.41) is 9.98. The van der Waals surface area contributed by atoms with Gasteiger partial charge in [-0.15, -0.1) is 0 Å². The maximum absolute atomic E-state index is 11.6. The van der Waals surface area contributed by atoms with E-state index in [-0.39, 0.29) is 4.90 Å². The summed E-state index contributed by atoms with van der Waals surface area (Å²) in [7, 11) is -2.03. The molecule has 3 aromatic rings. The van der Waals surface area contributed by atoms with Crippen molar-refractivity contribution in [3.8, 4) is 23.0 Å². The maximum Gasteiger partial charge on any atom is 0.339 e. The molecule has 3 aromatic carbocycles. The zero-order chi connectivity index (χ0) is 27.5. The predicted octanol–water partition coefficient (Wildman–Crippen LogP) is 5.28. The quantitative estimate of drug-likeness (QED) is 0.217. The maximum atomic E-state index is 11.6. The van der Waals surface area contributed by atoms with Crippen molar-refractivity contribution in [2.75, 3.05) is 26.6 Å². The number of ether oxygens (including phenoxy) is 4. The van der Waals surface area contributed by atoms with E-state index in [0.717, 1.165) is 37.0 Å². The molecular formula is C29H34O8S. The molecule has 0 aliphatic heterocycles. The average molecular weight is 543 g/mol. The van der Waals surface area contributed by atoms with Crippen molar-refractivity contribution in [1.29, 1.82) is 0 Å². The predicted molar refractivity (Wildman–Crippen MR) is 144 cm³/mol. The monoisotopic (exact) mass is 542 g/mol. The zero-order valence-corrected chi connectivity index (χ0v) is 22.7. The Morgan fingerprint density at radius 2 is 1.58 bits per heavy atom. The second-order valence-corrected chi connectivity index (χ2v) is 10.8. The van der Waals surface area contributed by atoms with Crippen molar-refractivity contribution in [2.45, 2.75) is 43.6 Å². The number of sulfone groups is 1. The van der Waals surface area contributed by atoms with E-state index >= 15 is 0 Å². The van der Waals surface area contributed by atoms with Crippen LogP contribution in [0.5, 0.6) is 23.0 Å². The van der Waals surface area contributed by atoms with E-state index in [2.05, 4.69) is 11.7 Å². The minimum Gasteiger partial charge on any atom is -0.494 e. The fourth-order valence-corrected chi connectivity index (χ4v) is 4.34. The highest BCUT2D eigenvalue weighted by Crippen LogP contribution is 2.29. The normalized spacial score (nSPS) is 12.0. The minimum absolute atomic E-state index is 0.247. The van der Waals surface area contributed by atoms with Crippen LogP contribution in [0, 0.1) is 0 Å². The Bertz CT molecular complexity index is 1300. The van der Waals surface area contributed by atoms with Gasteiger partial charge in [-0.1, -0.05) is 25.5 Å². The SMILES string of the molecule is CCCc1cc(Oc2ccc(S(C)(=O)=O)cc2)ccc1OCCCCOc1cccc(C(O)C(=O)OC)c1. The van der Waals surface area contributed by atoms with Gasteiger partial charge in [0.25, 0.3) is 0 Å². The Morgan fingerprint density at radius 1 is 0.895 bits per heavy atom. The number of carbonyl (C=O) groups is 1. The van der Waals surface area contributed by atoms with Crippen molar-refractivity contribution in [3.63, 3.8) is 0 Å². The van der Waals surface area contributed by atoms with Gasteiger partial charge in [-0.3, -0.25) is 0 Å². The standard InChI is InChI=1S/C29H34O8S/c1-4-8-21-19-25(37-23-11-14-26(15-12-23)38(3,32)33)13-16-27(21)36-18-6-5-17-35-24-10-7-9-22(20-24)28(30)29(31)34-2/h7,9-16,19-20,28,30H,4-6,8,17-18H2,1-3H3. The number of unbranched alkanes of at least 4 members (excludes halogenated alkanes) is 1. The van der Waals surface area contributed by atoms with Crippen LogP contribution >= 0.6 is 0 Å². The van der Waals surface area contributed by atoms with Crippen LogP contribution in [-0.2, 0) is 25.8 Å². The number of aryl methyl sites for hydroxylation is 1. The molecule has 0 heterocycles. The third-order valence-electron chi connectivity index (χ3n) is 5.70. The van der Waals surface area contributed by atoms with Crippen LogP contribution in [0.25, 0.3) is 0 Å². The number of hydrogen-bond acceptors (Lipinski definition) is 8. The van der Waals surface area contributed by atoms with Crippen LogP contribution in [0.4, 0.5) is 0 Å². The van der Waals surface area contributed by atoms with E-state index in [0.29, 0.717) is 36.0 Å². The van der Waals surface area contributed by atoms with Gasteiger partial charge < -0.3 is 24.1 Å². The number of hydrogen-bond donors (Lipinski definition) is 1. The van der Waals surface area contributed by atoms with Crippen LogP contribution in [0.15, 0.2) is 71.6 Å². The smallest absolute Gasteiger partial charge is 0.339 e. The number of carbonyl (C=O) groups excluding carboxylic acids is 1. The summed E-state index contributed by atoms with van der Waals surface area (Å²) in [5.41, 5.74) is 1.45. The Labute approximate surface area is 224 Å². The third kappa shape index (κ3) is 8.49. The molecular weight excluding hydrogens is 508 g/mol. The molecule has 9 heteroatoms. The van der Waals surface area contributed by atoms with E-state index in [1.165, 1.54) is 25.5 Å². The number of methoxy groups -OCH3 is 1. The Kier molecular flexibility index (Phi) is 10.6. The summed E-state index contributed by atoms with van der Waals surface area (Å²) in [6.07, 6.45) is 3.15. The summed E-state index contributed by atoms with van der Waals surface area (Å²) >= 11 is 0. The molecule has 0 aromatic heterocycles. The Balaban J connectivity index is 1.49. The minimum atomic E-state index is -3.25. The van der Waals surface area contributed by atoms with Gasteiger partial charge in [0, 0.05) is 6.26 Å². The highest BCUT2D eigenvalue weighted by Gasteiger charge is 2.18. The van der Waals surface area contributed by atoms with Gasteiger partial charge in [-0.2, -0.15) is 0 Å². The first kappa shape index (κ1) is 29.0. The molecule has 1 N–H and O–H groups in total. The van der Waals surface area contributed by atoms with E-state index in [1.807, 2.05) is 18.2 Å². The molecule has 0 bridgehead atoms. The van der Waals surface area contributed by atoms with Crippen molar-refractivity contribution in [3.05, 3.63) is 77.9 Å². The number of aliphatic hydroxyl groups is 1. The first-order valence-corrected chi connectivity index (χ1v) is 14.3. The van der Waals surface area contributed by atoms with Crippen LogP contribution in [-0.4, -0.2) is 46.1 Å². The van der Waals surface area contributed by atoms with Crippen molar-refractivity contribution in [1.82, 2.24) is 0 Å². The largest absolute Gasteiger partial charge is 0.494 e. The second kappa shape index (κ2) is 13.8. The zero-order valence-electron chi connectivity index (χ0n) is 21.9. The van der Waals surface area contributed by atoms with Gasteiger partial charge in [0.1, 0.15) is 23.0 Å². The molecule has 8 nitrogen and oxygen atoms in total. The molecule has 0 aliphatic carbocycles. The number of rotatable bonds is 14. The van der Waals surface area contributed by atoms with Crippen LogP contribution in [0.3, 0.4) is 0 Å². The van der Waals surface area contributed by atoms with Gasteiger partial charge in [-0.05, 0) is 85.0 Å². The Morgan fingerprint density at radius 3 is 2.24 bits per heavy atom. The molecule has 0 spiro atoms. The first-order valence-electron chi connectivity index (χ1n) is 12.4. The van der Waals surface area contributed by atoms with Gasteiger partial charge in [0.05, 0.1) is 25.2 Å².